The monoisotopic (exact) mass is 464 g/mol. The fourth-order valence-electron chi connectivity index (χ4n) is 2.40. The summed E-state index contributed by atoms with van der Waals surface area (Å²) in [5, 5.41) is 3.66. The summed E-state index contributed by atoms with van der Waals surface area (Å²) in [7, 11) is 3.05. The zero-order chi connectivity index (χ0) is 21.6. The summed E-state index contributed by atoms with van der Waals surface area (Å²) >= 11 is 3.46. The molecule has 2 aromatic carbocycles. The number of amidine groups is 1. The van der Waals surface area contributed by atoms with Crippen molar-refractivity contribution in [2.75, 3.05) is 20.8 Å². The van der Waals surface area contributed by atoms with E-state index in [0.29, 0.717) is 22.8 Å². The molecular formula is C21H25BrN2O5. The minimum absolute atomic E-state index is 0.0103. The molecule has 0 spiro atoms. The molecule has 0 fully saturated rings. The Kier molecular flexibility index (Phi) is 7.50. The van der Waals surface area contributed by atoms with Gasteiger partial charge in [-0.15, -0.1) is 0 Å². The Morgan fingerprint density at radius 3 is 2.28 bits per heavy atom. The van der Waals surface area contributed by atoms with Crippen LogP contribution in [0.2, 0.25) is 0 Å². The van der Waals surface area contributed by atoms with Crippen molar-refractivity contribution in [3.63, 3.8) is 0 Å². The van der Waals surface area contributed by atoms with Crippen molar-refractivity contribution >= 4 is 27.7 Å². The van der Waals surface area contributed by atoms with E-state index < -0.39 is 5.97 Å². The van der Waals surface area contributed by atoms with Crippen molar-refractivity contribution in [2.45, 2.75) is 26.2 Å². The molecule has 8 heteroatoms. The number of hydrogen-bond acceptors (Lipinski definition) is 6. The highest BCUT2D eigenvalue weighted by atomic mass is 79.9. The number of oxime groups is 1. The molecule has 0 saturated heterocycles. The van der Waals surface area contributed by atoms with E-state index >= 15 is 0 Å². The lowest BCUT2D eigenvalue weighted by molar-refractivity contribution is -0.146. The van der Waals surface area contributed by atoms with Gasteiger partial charge in [0.25, 0.3) is 0 Å². The van der Waals surface area contributed by atoms with Gasteiger partial charge in [-0.1, -0.05) is 32.0 Å². The second-order valence-corrected chi connectivity index (χ2v) is 8.05. The van der Waals surface area contributed by atoms with Crippen molar-refractivity contribution in [2.24, 2.45) is 10.9 Å². The Labute approximate surface area is 178 Å². The van der Waals surface area contributed by atoms with Gasteiger partial charge >= 0.3 is 5.97 Å². The lowest BCUT2D eigenvalue weighted by Gasteiger charge is -2.20. The lowest BCUT2D eigenvalue weighted by atomic mass is 9.87. The molecule has 2 N–H and O–H groups in total. The molecule has 2 aromatic rings. The number of hydrogen-bond donors (Lipinski definition) is 1. The fraction of sp³-hybridized carbons (Fsp3) is 0.333. The Morgan fingerprint density at radius 2 is 1.69 bits per heavy atom. The molecule has 0 aliphatic carbocycles. The molecule has 0 aliphatic heterocycles. The average Bonchev–Trinajstić information content (AvgIpc) is 2.69. The highest BCUT2D eigenvalue weighted by molar-refractivity contribution is 9.10. The first-order chi connectivity index (χ1) is 13.7. The van der Waals surface area contributed by atoms with Gasteiger partial charge in [0.1, 0.15) is 5.75 Å². The van der Waals surface area contributed by atoms with E-state index in [1.54, 1.807) is 24.3 Å². The third kappa shape index (κ3) is 6.12. The van der Waals surface area contributed by atoms with E-state index in [9.17, 15) is 4.79 Å². The molecule has 0 heterocycles. The van der Waals surface area contributed by atoms with Gasteiger partial charge in [0.05, 0.1) is 18.7 Å². The van der Waals surface area contributed by atoms with Crippen molar-refractivity contribution in [1.29, 1.82) is 0 Å². The number of carbonyl (C=O) groups excluding carboxylic acids is 1. The van der Waals surface area contributed by atoms with Crippen LogP contribution in [-0.4, -0.2) is 32.6 Å². The Morgan fingerprint density at radius 1 is 1.03 bits per heavy atom. The summed E-state index contributed by atoms with van der Waals surface area (Å²) in [6.07, 6.45) is 0. The van der Waals surface area contributed by atoms with Crippen LogP contribution in [0.5, 0.6) is 17.2 Å². The highest BCUT2D eigenvalue weighted by Crippen LogP contribution is 2.31. The predicted molar refractivity (Wildman–Crippen MR) is 115 cm³/mol. The van der Waals surface area contributed by atoms with E-state index in [1.165, 1.54) is 14.2 Å². The van der Waals surface area contributed by atoms with Gasteiger partial charge < -0.3 is 24.8 Å². The van der Waals surface area contributed by atoms with Crippen LogP contribution < -0.4 is 19.9 Å². The third-order valence-corrected chi connectivity index (χ3v) is 4.69. The van der Waals surface area contributed by atoms with E-state index in [2.05, 4.69) is 41.9 Å². The number of methoxy groups -OCH3 is 2. The minimum Gasteiger partial charge on any atom is -0.493 e. The molecule has 0 radical (unpaired) electrons. The molecule has 156 valence electrons. The van der Waals surface area contributed by atoms with E-state index in [-0.39, 0.29) is 17.9 Å². The molecule has 2 rings (SSSR count). The number of benzene rings is 2. The van der Waals surface area contributed by atoms with E-state index in [0.717, 1.165) is 10.0 Å². The molecule has 0 bridgehead atoms. The van der Waals surface area contributed by atoms with Gasteiger partial charge in [0.2, 0.25) is 0 Å². The maximum Gasteiger partial charge on any atom is 0.372 e. The van der Waals surface area contributed by atoms with Crippen LogP contribution in [0, 0.1) is 0 Å². The van der Waals surface area contributed by atoms with Crippen LogP contribution in [-0.2, 0) is 15.0 Å². The normalized spacial score (nSPS) is 11.7. The molecule has 29 heavy (non-hydrogen) atoms. The van der Waals surface area contributed by atoms with Gasteiger partial charge in [0.15, 0.2) is 23.9 Å². The molecule has 0 unspecified atom stereocenters. The largest absolute Gasteiger partial charge is 0.493 e. The standard InChI is InChI=1S/C21H25BrN2O5/c1-21(2,3)14-7-9-16(15(22)11-14)28-12-19(25)29-24-20(23)13-6-8-17(26-4)18(10-13)27-5/h6-11H,12H2,1-5H3,(H2,23,24). The topological polar surface area (TPSA) is 92.4 Å². The van der Waals surface area contributed by atoms with Crippen LogP contribution in [0.15, 0.2) is 46.0 Å². The molecule has 0 aliphatic rings. The number of nitrogens with two attached hydrogens (primary N) is 1. The molecule has 0 amide bonds. The third-order valence-electron chi connectivity index (χ3n) is 4.07. The summed E-state index contributed by atoms with van der Waals surface area (Å²) in [6, 6.07) is 10.7. The van der Waals surface area contributed by atoms with Crippen molar-refractivity contribution < 1.29 is 23.8 Å². The second-order valence-electron chi connectivity index (χ2n) is 7.19. The first-order valence-electron chi connectivity index (χ1n) is 8.84. The Bertz CT molecular complexity index is 906. The first-order valence-corrected chi connectivity index (χ1v) is 9.63. The number of halogens is 1. The van der Waals surface area contributed by atoms with Gasteiger partial charge in [-0.2, -0.15) is 0 Å². The number of carbonyl (C=O) groups is 1. The number of rotatable bonds is 7. The first kappa shape index (κ1) is 22.5. The maximum absolute atomic E-state index is 11.9. The van der Waals surface area contributed by atoms with Crippen LogP contribution >= 0.6 is 15.9 Å². The second kappa shape index (κ2) is 9.65. The van der Waals surface area contributed by atoms with Crippen LogP contribution in [0.3, 0.4) is 0 Å². The van der Waals surface area contributed by atoms with Crippen LogP contribution in [0.1, 0.15) is 31.9 Å². The zero-order valence-corrected chi connectivity index (χ0v) is 18.7. The SMILES string of the molecule is COc1ccc(/C(N)=N\OC(=O)COc2ccc(C(C)(C)C)cc2Br)cc1OC. The van der Waals surface area contributed by atoms with E-state index in [4.69, 9.17) is 24.8 Å². The molecule has 7 nitrogen and oxygen atoms in total. The van der Waals surface area contributed by atoms with Crippen molar-refractivity contribution in [1.82, 2.24) is 0 Å². The maximum atomic E-state index is 11.9. The summed E-state index contributed by atoms with van der Waals surface area (Å²) in [5.74, 6) is 0.917. The Hall–Kier alpha value is -2.74. The van der Waals surface area contributed by atoms with Gasteiger partial charge in [0, 0.05) is 5.56 Å². The van der Waals surface area contributed by atoms with Gasteiger partial charge in [-0.3, -0.25) is 0 Å². The highest BCUT2D eigenvalue weighted by Gasteiger charge is 2.16. The number of nitrogens with zero attached hydrogens (tertiary/aromatic N) is 1. The van der Waals surface area contributed by atoms with Crippen molar-refractivity contribution in [3.8, 4) is 17.2 Å². The summed E-state index contributed by atoms with van der Waals surface area (Å²) in [4.78, 5) is 16.8. The molecular weight excluding hydrogens is 440 g/mol. The molecule has 0 atom stereocenters. The van der Waals surface area contributed by atoms with Gasteiger partial charge in [-0.05, 0) is 57.2 Å². The molecule has 0 aromatic heterocycles. The average molecular weight is 465 g/mol. The van der Waals surface area contributed by atoms with Crippen molar-refractivity contribution in [3.05, 3.63) is 52.0 Å². The Balaban J connectivity index is 1.97. The summed E-state index contributed by atoms with van der Waals surface area (Å²) in [6.45, 7) is 6.05. The lowest BCUT2D eigenvalue weighted by Crippen LogP contribution is -2.18. The summed E-state index contributed by atoms with van der Waals surface area (Å²) < 4.78 is 16.6. The quantitative estimate of drug-likeness (QED) is 0.288. The van der Waals surface area contributed by atoms with Gasteiger partial charge in [-0.25, -0.2) is 4.79 Å². The minimum atomic E-state index is -0.680. The number of ether oxygens (including phenoxy) is 3. The van der Waals surface area contributed by atoms with Crippen LogP contribution in [0.25, 0.3) is 0 Å². The smallest absolute Gasteiger partial charge is 0.372 e. The van der Waals surface area contributed by atoms with E-state index in [1.807, 2.05) is 12.1 Å². The zero-order valence-electron chi connectivity index (χ0n) is 17.1. The predicted octanol–water partition coefficient (Wildman–Crippen LogP) is 4.01. The fourth-order valence-corrected chi connectivity index (χ4v) is 2.89. The summed E-state index contributed by atoms with van der Waals surface area (Å²) in [5.41, 5.74) is 7.56. The van der Waals surface area contributed by atoms with Crippen LogP contribution in [0.4, 0.5) is 0 Å². The molecule has 0 saturated carbocycles.